The van der Waals surface area contributed by atoms with Gasteiger partial charge in [0.2, 0.25) is 5.75 Å². The minimum atomic E-state index is -0.162. The fraction of sp³-hybridized carbons (Fsp3) is 0.240. The lowest BCUT2D eigenvalue weighted by atomic mass is 9.88. The minimum Gasteiger partial charge on any atom is -0.493 e. The van der Waals surface area contributed by atoms with E-state index in [0.717, 1.165) is 6.42 Å². The Balaban J connectivity index is 1.46. The van der Waals surface area contributed by atoms with Crippen molar-refractivity contribution >= 4 is 5.91 Å². The van der Waals surface area contributed by atoms with E-state index in [4.69, 9.17) is 14.2 Å². The lowest BCUT2D eigenvalue weighted by Gasteiger charge is -2.21. The van der Waals surface area contributed by atoms with E-state index in [1.807, 2.05) is 36.4 Å². The van der Waals surface area contributed by atoms with Crippen molar-refractivity contribution in [1.82, 2.24) is 5.32 Å². The highest BCUT2D eigenvalue weighted by atomic mass is 16.6. The number of fused-ring (bicyclic) bond motifs is 1. The van der Waals surface area contributed by atoms with Crippen LogP contribution in [0, 0.1) is 0 Å². The van der Waals surface area contributed by atoms with Crippen LogP contribution in [0.4, 0.5) is 0 Å². The summed E-state index contributed by atoms with van der Waals surface area (Å²) in [5.41, 5.74) is 2.96. The Morgan fingerprint density at radius 2 is 1.60 bits per heavy atom. The van der Waals surface area contributed by atoms with Gasteiger partial charge in [-0.1, -0.05) is 60.7 Å². The molecule has 0 saturated heterocycles. The summed E-state index contributed by atoms with van der Waals surface area (Å²) < 4.78 is 16.6. The molecule has 1 N–H and O–H groups in total. The van der Waals surface area contributed by atoms with Crippen molar-refractivity contribution in [2.45, 2.75) is 12.3 Å². The molecule has 3 aromatic rings. The van der Waals surface area contributed by atoms with Gasteiger partial charge in [-0.2, -0.15) is 0 Å². The monoisotopic (exact) mass is 403 g/mol. The summed E-state index contributed by atoms with van der Waals surface area (Å²) in [7, 11) is 1.56. The number of nitrogens with one attached hydrogen (secondary N) is 1. The molecular formula is C25H25NO4. The molecule has 154 valence electrons. The van der Waals surface area contributed by atoms with Crippen LogP contribution in [-0.4, -0.2) is 32.8 Å². The first-order valence-electron chi connectivity index (χ1n) is 10.1. The fourth-order valence-corrected chi connectivity index (χ4v) is 3.73. The smallest absolute Gasteiger partial charge is 0.251 e. The topological polar surface area (TPSA) is 56.8 Å². The normalized spacial score (nSPS) is 12.5. The Bertz CT molecular complexity index is 932. The summed E-state index contributed by atoms with van der Waals surface area (Å²) in [6, 6.07) is 24.1. The molecular weight excluding hydrogens is 378 g/mol. The standard InChI is InChI=1S/C25H25NO4/c1-28-22-16-20(17-23-24(22)30-15-14-29-23)25(27)26-13-12-21(18-8-4-2-5-9-18)19-10-6-3-7-11-19/h2-11,16-17,21H,12-15H2,1H3,(H,26,27). The van der Waals surface area contributed by atoms with Crippen LogP contribution >= 0.6 is 0 Å². The van der Waals surface area contributed by atoms with Gasteiger partial charge >= 0.3 is 0 Å². The van der Waals surface area contributed by atoms with Crippen LogP contribution in [-0.2, 0) is 0 Å². The SMILES string of the molecule is COc1cc(C(=O)NCCC(c2ccccc2)c2ccccc2)cc2c1OCCO2. The van der Waals surface area contributed by atoms with E-state index in [1.165, 1.54) is 11.1 Å². The molecule has 0 aromatic heterocycles. The maximum Gasteiger partial charge on any atom is 0.251 e. The number of carbonyl (C=O) groups is 1. The van der Waals surface area contributed by atoms with Crippen LogP contribution in [0.3, 0.4) is 0 Å². The van der Waals surface area contributed by atoms with E-state index in [2.05, 4.69) is 29.6 Å². The third kappa shape index (κ3) is 4.40. The van der Waals surface area contributed by atoms with Crippen LogP contribution in [0.2, 0.25) is 0 Å². The molecule has 5 nitrogen and oxygen atoms in total. The van der Waals surface area contributed by atoms with Crippen LogP contribution in [0.25, 0.3) is 0 Å². The highest BCUT2D eigenvalue weighted by Crippen LogP contribution is 2.40. The van der Waals surface area contributed by atoms with E-state index < -0.39 is 0 Å². The molecule has 0 spiro atoms. The van der Waals surface area contributed by atoms with E-state index in [9.17, 15) is 4.79 Å². The summed E-state index contributed by atoms with van der Waals surface area (Å²) in [6.45, 7) is 1.47. The van der Waals surface area contributed by atoms with Gasteiger partial charge in [-0.25, -0.2) is 0 Å². The molecule has 0 bridgehead atoms. The van der Waals surface area contributed by atoms with Gasteiger partial charge in [-0.15, -0.1) is 0 Å². The van der Waals surface area contributed by atoms with Gasteiger partial charge in [-0.05, 0) is 29.7 Å². The molecule has 0 aliphatic carbocycles. The van der Waals surface area contributed by atoms with Crippen LogP contribution < -0.4 is 19.5 Å². The molecule has 1 aliphatic heterocycles. The summed E-state index contributed by atoms with van der Waals surface area (Å²) in [5.74, 6) is 1.64. The van der Waals surface area contributed by atoms with Crippen molar-refractivity contribution in [3.8, 4) is 17.2 Å². The third-order valence-electron chi connectivity index (χ3n) is 5.21. The highest BCUT2D eigenvalue weighted by molar-refractivity contribution is 5.95. The van der Waals surface area contributed by atoms with E-state index >= 15 is 0 Å². The van der Waals surface area contributed by atoms with Crippen molar-refractivity contribution in [1.29, 1.82) is 0 Å². The second-order valence-corrected chi connectivity index (χ2v) is 7.12. The molecule has 0 fully saturated rings. The minimum absolute atomic E-state index is 0.162. The third-order valence-corrected chi connectivity index (χ3v) is 5.21. The van der Waals surface area contributed by atoms with E-state index in [0.29, 0.717) is 42.6 Å². The number of carbonyl (C=O) groups excluding carboxylic acids is 1. The number of benzene rings is 3. The number of rotatable bonds is 7. The van der Waals surface area contributed by atoms with Crippen molar-refractivity contribution in [3.63, 3.8) is 0 Å². The largest absolute Gasteiger partial charge is 0.493 e. The number of hydrogen-bond donors (Lipinski definition) is 1. The summed E-state index contributed by atoms with van der Waals surface area (Å²) >= 11 is 0. The Hall–Kier alpha value is -3.47. The molecule has 1 aliphatic rings. The molecule has 5 heteroatoms. The van der Waals surface area contributed by atoms with E-state index in [1.54, 1.807) is 19.2 Å². The highest BCUT2D eigenvalue weighted by Gasteiger charge is 2.21. The quantitative estimate of drug-likeness (QED) is 0.635. The van der Waals surface area contributed by atoms with Gasteiger partial charge in [0, 0.05) is 18.0 Å². The van der Waals surface area contributed by atoms with Crippen molar-refractivity contribution in [3.05, 3.63) is 89.5 Å². The van der Waals surface area contributed by atoms with Gasteiger partial charge in [-0.3, -0.25) is 4.79 Å². The second-order valence-electron chi connectivity index (χ2n) is 7.12. The Morgan fingerprint density at radius 3 is 2.23 bits per heavy atom. The summed E-state index contributed by atoms with van der Waals surface area (Å²) in [5, 5.41) is 3.04. The first-order chi connectivity index (χ1) is 14.8. The molecule has 0 saturated carbocycles. The zero-order valence-corrected chi connectivity index (χ0v) is 17.0. The first kappa shape index (κ1) is 19.8. The number of ether oxygens (including phenoxy) is 3. The maximum absolute atomic E-state index is 12.8. The lowest BCUT2D eigenvalue weighted by Crippen LogP contribution is -2.26. The second kappa shape index (κ2) is 9.35. The molecule has 0 unspecified atom stereocenters. The molecule has 4 rings (SSSR count). The molecule has 30 heavy (non-hydrogen) atoms. The van der Waals surface area contributed by atoms with Gasteiger partial charge in [0.15, 0.2) is 11.5 Å². The number of hydrogen-bond acceptors (Lipinski definition) is 4. The van der Waals surface area contributed by atoms with Gasteiger partial charge in [0.25, 0.3) is 5.91 Å². The van der Waals surface area contributed by atoms with Crippen molar-refractivity contribution in [2.75, 3.05) is 26.9 Å². The van der Waals surface area contributed by atoms with Crippen LogP contribution in [0.1, 0.15) is 33.8 Å². The number of methoxy groups -OCH3 is 1. The summed E-state index contributed by atoms with van der Waals surface area (Å²) in [4.78, 5) is 12.8. The Kier molecular flexibility index (Phi) is 6.18. The first-order valence-corrected chi connectivity index (χ1v) is 10.1. The molecule has 0 radical (unpaired) electrons. The summed E-state index contributed by atoms with van der Waals surface area (Å²) in [6.07, 6.45) is 0.793. The predicted octanol–water partition coefficient (Wildman–Crippen LogP) is 4.42. The van der Waals surface area contributed by atoms with Gasteiger partial charge in [0.1, 0.15) is 13.2 Å². The van der Waals surface area contributed by atoms with Gasteiger partial charge < -0.3 is 19.5 Å². The molecule has 3 aromatic carbocycles. The lowest BCUT2D eigenvalue weighted by molar-refractivity contribution is 0.0950. The van der Waals surface area contributed by atoms with Crippen molar-refractivity contribution in [2.24, 2.45) is 0 Å². The van der Waals surface area contributed by atoms with E-state index in [-0.39, 0.29) is 11.8 Å². The predicted molar refractivity (Wildman–Crippen MR) is 116 cm³/mol. The Morgan fingerprint density at radius 1 is 0.967 bits per heavy atom. The Labute approximate surface area is 176 Å². The van der Waals surface area contributed by atoms with Gasteiger partial charge in [0.05, 0.1) is 7.11 Å². The maximum atomic E-state index is 12.8. The average molecular weight is 403 g/mol. The van der Waals surface area contributed by atoms with Crippen molar-refractivity contribution < 1.29 is 19.0 Å². The zero-order valence-electron chi connectivity index (χ0n) is 17.0. The van der Waals surface area contributed by atoms with Crippen LogP contribution in [0.5, 0.6) is 17.2 Å². The van der Waals surface area contributed by atoms with Crippen LogP contribution in [0.15, 0.2) is 72.8 Å². The fourth-order valence-electron chi connectivity index (χ4n) is 3.73. The average Bonchev–Trinajstić information content (AvgIpc) is 2.82. The number of amides is 1. The molecule has 1 heterocycles. The molecule has 1 amide bonds. The zero-order chi connectivity index (χ0) is 20.8. The molecule has 0 atom stereocenters.